The third kappa shape index (κ3) is 3.86. The molecule has 146 valence electrons. The largest absolute Gasteiger partial charge is 0.467 e. The van der Waals surface area contributed by atoms with E-state index in [1.165, 1.54) is 18.4 Å². The van der Waals surface area contributed by atoms with Gasteiger partial charge in [0.1, 0.15) is 12.3 Å². The maximum atomic E-state index is 12.6. The number of fused-ring (bicyclic) bond motifs is 1. The standard InChI is InChI=1S/C21H15ClN2O5/c22-14-5-3-6-15(11-14)23(12-16-7-4-10-28-16)13-19(25)29-24-20(26)17-8-1-2-9-18(17)21(24)27/h1-11H,12-13H2. The molecule has 2 amide bonds. The fourth-order valence-electron chi connectivity index (χ4n) is 3.04. The zero-order chi connectivity index (χ0) is 20.4. The van der Waals surface area contributed by atoms with Crippen molar-refractivity contribution in [2.75, 3.05) is 11.4 Å². The molecule has 8 heteroatoms. The third-order valence-electron chi connectivity index (χ3n) is 4.37. The van der Waals surface area contributed by atoms with Crippen molar-refractivity contribution >= 4 is 35.1 Å². The van der Waals surface area contributed by atoms with Crippen LogP contribution in [0.2, 0.25) is 5.02 Å². The monoisotopic (exact) mass is 410 g/mol. The van der Waals surface area contributed by atoms with Gasteiger partial charge >= 0.3 is 5.97 Å². The van der Waals surface area contributed by atoms with E-state index in [-0.39, 0.29) is 24.2 Å². The summed E-state index contributed by atoms with van der Waals surface area (Å²) >= 11 is 6.07. The summed E-state index contributed by atoms with van der Waals surface area (Å²) in [6.45, 7) is 0.0407. The van der Waals surface area contributed by atoms with Gasteiger partial charge in [0.2, 0.25) is 0 Å². The summed E-state index contributed by atoms with van der Waals surface area (Å²) in [4.78, 5) is 44.1. The van der Waals surface area contributed by atoms with Gasteiger partial charge in [0.25, 0.3) is 11.8 Å². The highest BCUT2D eigenvalue weighted by Crippen LogP contribution is 2.24. The Balaban J connectivity index is 1.51. The summed E-state index contributed by atoms with van der Waals surface area (Å²) < 4.78 is 5.36. The molecule has 0 spiro atoms. The molecule has 0 saturated carbocycles. The van der Waals surface area contributed by atoms with Gasteiger partial charge in [-0.3, -0.25) is 9.59 Å². The molecule has 4 rings (SSSR count). The molecule has 0 saturated heterocycles. The van der Waals surface area contributed by atoms with Crippen LogP contribution in [0.3, 0.4) is 0 Å². The third-order valence-corrected chi connectivity index (χ3v) is 4.61. The van der Waals surface area contributed by atoms with E-state index in [4.69, 9.17) is 20.9 Å². The Labute approximate surface area is 171 Å². The Hall–Kier alpha value is -3.58. The molecule has 0 atom stereocenters. The second-order valence-corrected chi connectivity index (χ2v) is 6.77. The van der Waals surface area contributed by atoms with E-state index in [1.54, 1.807) is 53.4 Å². The Bertz CT molecular complexity index is 1050. The van der Waals surface area contributed by atoms with Crippen LogP contribution >= 0.6 is 11.6 Å². The number of nitrogens with zero attached hydrogens (tertiary/aromatic N) is 2. The van der Waals surface area contributed by atoms with Crippen LogP contribution in [0.5, 0.6) is 0 Å². The molecule has 0 bridgehead atoms. The molecule has 1 aliphatic rings. The number of hydrogen-bond donors (Lipinski definition) is 0. The van der Waals surface area contributed by atoms with Gasteiger partial charge in [-0.05, 0) is 42.5 Å². The highest BCUT2D eigenvalue weighted by atomic mass is 35.5. The number of furan rings is 1. The molecule has 1 aliphatic heterocycles. The minimum atomic E-state index is -0.772. The lowest BCUT2D eigenvalue weighted by molar-refractivity contribution is -0.166. The number of anilines is 1. The van der Waals surface area contributed by atoms with Crippen LogP contribution in [-0.4, -0.2) is 29.4 Å². The smallest absolute Gasteiger partial charge is 0.352 e. The van der Waals surface area contributed by atoms with Gasteiger partial charge in [0, 0.05) is 10.7 Å². The number of benzene rings is 2. The lowest BCUT2D eigenvalue weighted by Gasteiger charge is -2.23. The van der Waals surface area contributed by atoms with Crippen molar-refractivity contribution < 1.29 is 23.6 Å². The second-order valence-electron chi connectivity index (χ2n) is 6.33. The first-order valence-electron chi connectivity index (χ1n) is 8.74. The molecule has 0 radical (unpaired) electrons. The predicted octanol–water partition coefficient (Wildman–Crippen LogP) is 3.69. The molecule has 1 aromatic heterocycles. The summed E-state index contributed by atoms with van der Waals surface area (Å²) in [6, 6.07) is 16.8. The molecule has 2 heterocycles. The number of rotatable bonds is 6. The van der Waals surface area contributed by atoms with Crippen LogP contribution in [0.1, 0.15) is 26.5 Å². The van der Waals surface area contributed by atoms with Gasteiger partial charge in [-0.15, -0.1) is 0 Å². The van der Waals surface area contributed by atoms with Gasteiger partial charge in [-0.2, -0.15) is 0 Å². The van der Waals surface area contributed by atoms with E-state index < -0.39 is 17.8 Å². The van der Waals surface area contributed by atoms with E-state index in [0.29, 0.717) is 21.5 Å². The molecule has 2 aromatic carbocycles. The average molecular weight is 411 g/mol. The van der Waals surface area contributed by atoms with Crippen LogP contribution in [0, 0.1) is 0 Å². The first kappa shape index (κ1) is 18.8. The fraction of sp³-hybridized carbons (Fsp3) is 0.0952. The van der Waals surface area contributed by atoms with E-state index in [0.717, 1.165) is 0 Å². The van der Waals surface area contributed by atoms with Gasteiger partial charge in [0.15, 0.2) is 0 Å². The first-order valence-corrected chi connectivity index (χ1v) is 9.12. The quantitative estimate of drug-likeness (QED) is 0.576. The van der Waals surface area contributed by atoms with Crippen molar-refractivity contribution in [3.63, 3.8) is 0 Å². The number of hydroxylamine groups is 2. The lowest BCUT2D eigenvalue weighted by Crippen LogP contribution is -2.38. The van der Waals surface area contributed by atoms with Crippen molar-refractivity contribution in [1.29, 1.82) is 0 Å². The zero-order valence-corrected chi connectivity index (χ0v) is 15.8. The molecule has 29 heavy (non-hydrogen) atoms. The van der Waals surface area contributed by atoms with Gasteiger partial charge in [-0.1, -0.05) is 34.9 Å². The zero-order valence-electron chi connectivity index (χ0n) is 15.1. The van der Waals surface area contributed by atoms with E-state index >= 15 is 0 Å². The van der Waals surface area contributed by atoms with Gasteiger partial charge in [-0.25, -0.2) is 4.79 Å². The normalized spacial score (nSPS) is 12.8. The van der Waals surface area contributed by atoms with Crippen molar-refractivity contribution in [1.82, 2.24) is 5.06 Å². The minimum Gasteiger partial charge on any atom is -0.467 e. The van der Waals surface area contributed by atoms with Crippen LogP contribution in [-0.2, 0) is 16.2 Å². The van der Waals surface area contributed by atoms with Gasteiger partial charge < -0.3 is 14.2 Å². The molecular formula is C21H15ClN2O5. The molecule has 0 fully saturated rings. The molecule has 7 nitrogen and oxygen atoms in total. The Morgan fingerprint density at radius 3 is 2.34 bits per heavy atom. The minimum absolute atomic E-state index is 0.201. The molecular weight excluding hydrogens is 396 g/mol. The average Bonchev–Trinajstić information content (AvgIpc) is 3.31. The van der Waals surface area contributed by atoms with Crippen LogP contribution < -0.4 is 4.90 Å². The van der Waals surface area contributed by atoms with E-state index in [1.807, 2.05) is 0 Å². The fourth-order valence-corrected chi connectivity index (χ4v) is 3.22. The SMILES string of the molecule is O=C(CN(Cc1ccco1)c1cccc(Cl)c1)ON1C(=O)c2ccccc2C1=O. The highest BCUT2D eigenvalue weighted by Gasteiger charge is 2.38. The Morgan fingerprint density at radius 1 is 1.00 bits per heavy atom. The second kappa shape index (κ2) is 7.81. The van der Waals surface area contributed by atoms with Crippen molar-refractivity contribution in [2.24, 2.45) is 0 Å². The Morgan fingerprint density at radius 2 is 1.72 bits per heavy atom. The van der Waals surface area contributed by atoms with Crippen LogP contribution in [0.4, 0.5) is 5.69 Å². The number of hydrogen-bond acceptors (Lipinski definition) is 6. The number of carbonyl (C=O) groups excluding carboxylic acids is 3. The summed E-state index contributed by atoms with van der Waals surface area (Å²) in [5.74, 6) is -1.48. The summed E-state index contributed by atoms with van der Waals surface area (Å²) in [7, 11) is 0. The van der Waals surface area contributed by atoms with Crippen molar-refractivity contribution in [3.8, 4) is 0 Å². The van der Waals surface area contributed by atoms with Crippen LogP contribution in [0.15, 0.2) is 71.3 Å². The van der Waals surface area contributed by atoms with Crippen molar-refractivity contribution in [3.05, 3.63) is 88.8 Å². The summed E-state index contributed by atoms with van der Waals surface area (Å²) in [5.41, 5.74) is 1.06. The first-order chi connectivity index (χ1) is 14.0. The number of imide groups is 1. The van der Waals surface area contributed by atoms with Crippen molar-refractivity contribution in [2.45, 2.75) is 6.54 Å². The number of halogens is 1. The number of carbonyl (C=O) groups is 3. The molecule has 0 N–H and O–H groups in total. The lowest BCUT2D eigenvalue weighted by atomic mass is 10.1. The Kier molecular flexibility index (Phi) is 5.05. The summed E-state index contributed by atoms with van der Waals surface area (Å²) in [6.07, 6.45) is 1.53. The maximum Gasteiger partial charge on any atom is 0.352 e. The van der Waals surface area contributed by atoms with Gasteiger partial charge in [0.05, 0.1) is 23.9 Å². The van der Waals surface area contributed by atoms with E-state index in [9.17, 15) is 14.4 Å². The maximum absolute atomic E-state index is 12.6. The summed E-state index contributed by atoms with van der Waals surface area (Å²) in [5, 5.41) is 0.997. The molecule has 0 unspecified atom stereocenters. The topological polar surface area (TPSA) is 80.1 Å². The molecule has 3 aromatic rings. The van der Waals surface area contributed by atoms with E-state index in [2.05, 4.69) is 0 Å². The number of amides is 2. The predicted molar refractivity (Wildman–Crippen MR) is 104 cm³/mol. The molecule has 0 aliphatic carbocycles. The van der Waals surface area contributed by atoms with Crippen LogP contribution in [0.25, 0.3) is 0 Å². The highest BCUT2D eigenvalue weighted by molar-refractivity contribution is 6.30.